The summed E-state index contributed by atoms with van der Waals surface area (Å²) in [5.74, 6) is 2.12. The van der Waals surface area contributed by atoms with E-state index < -0.39 is 6.29 Å². The second kappa shape index (κ2) is 5.65. The zero-order valence-corrected chi connectivity index (χ0v) is 13.2. The fourth-order valence-corrected chi connectivity index (χ4v) is 3.08. The van der Waals surface area contributed by atoms with Crippen LogP contribution in [0.3, 0.4) is 0 Å². The van der Waals surface area contributed by atoms with E-state index in [-0.39, 0.29) is 19.4 Å². The molecule has 7 nitrogen and oxygen atoms in total. The van der Waals surface area contributed by atoms with Crippen LogP contribution in [0.4, 0.5) is 0 Å². The lowest BCUT2D eigenvalue weighted by Crippen LogP contribution is -2.10. The minimum Gasteiger partial charge on any atom is -0.454 e. The molecule has 0 bridgehead atoms. The number of ether oxygens (including phenoxy) is 6. The highest BCUT2D eigenvalue weighted by Crippen LogP contribution is 2.40. The molecule has 0 atom stereocenters. The molecule has 3 aliphatic rings. The molecule has 3 aliphatic heterocycles. The van der Waals surface area contributed by atoms with Crippen molar-refractivity contribution in [3.05, 3.63) is 47.0 Å². The summed E-state index contributed by atoms with van der Waals surface area (Å²) in [6.07, 6.45) is -0.595. The summed E-state index contributed by atoms with van der Waals surface area (Å²) < 4.78 is 32.7. The van der Waals surface area contributed by atoms with E-state index in [1.54, 1.807) is 30.3 Å². The Balaban J connectivity index is 1.59. The lowest BCUT2D eigenvalue weighted by Gasteiger charge is -2.15. The molecule has 0 unspecified atom stereocenters. The predicted molar refractivity (Wildman–Crippen MR) is 83.2 cm³/mol. The van der Waals surface area contributed by atoms with Crippen molar-refractivity contribution < 1.29 is 33.2 Å². The van der Waals surface area contributed by atoms with Gasteiger partial charge >= 0.3 is 0 Å². The Bertz CT molecular complexity index is 855. The number of hydrogen-bond donors (Lipinski definition) is 0. The Morgan fingerprint density at radius 1 is 0.800 bits per heavy atom. The van der Waals surface area contributed by atoms with Gasteiger partial charge in [0, 0.05) is 16.7 Å². The van der Waals surface area contributed by atoms with E-state index in [1.807, 2.05) is 0 Å². The zero-order valence-electron chi connectivity index (χ0n) is 13.2. The van der Waals surface area contributed by atoms with Crippen molar-refractivity contribution in [3.63, 3.8) is 0 Å². The Morgan fingerprint density at radius 2 is 1.44 bits per heavy atom. The van der Waals surface area contributed by atoms with E-state index in [1.165, 1.54) is 0 Å². The summed E-state index contributed by atoms with van der Waals surface area (Å²) in [5, 5.41) is 0. The van der Waals surface area contributed by atoms with Crippen molar-refractivity contribution >= 4 is 5.78 Å². The second-order valence-electron chi connectivity index (χ2n) is 5.76. The smallest absolute Gasteiger partial charge is 0.231 e. The molecule has 25 heavy (non-hydrogen) atoms. The van der Waals surface area contributed by atoms with Crippen LogP contribution in [0.1, 0.15) is 27.8 Å². The lowest BCUT2D eigenvalue weighted by molar-refractivity contribution is -0.0445. The highest BCUT2D eigenvalue weighted by atomic mass is 16.7. The number of fused-ring (bicyclic) bond motifs is 2. The van der Waals surface area contributed by atoms with Crippen LogP contribution in [0.5, 0.6) is 23.0 Å². The number of carbonyl (C=O) groups excluding carboxylic acids is 1. The molecule has 0 amide bonds. The van der Waals surface area contributed by atoms with Gasteiger partial charge in [0.25, 0.3) is 0 Å². The molecule has 2 aromatic rings. The molecule has 0 saturated carbocycles. The number of rotatable bonds is 3. The van der Waals surface area contributed by atoms with Gasteiger partial charge in [-0.05, 0) is 30.3 Å². The molecule has 0 aliphatic carbocycles. The molecule has 5 rings (SSSR count). The van der Waals surface area contributed by atoms with Gasteiger partial charge in [0.2, 0.25) is 13.6 Å². The summed E-state index contributed by atoms with van der Waals surface area (Å²) in [4.78, 5) is 13.1. The van der Waals surface area contributed by atoms with Crippen molar-refractivity contribution in [2.75, 3.05) is 26.8 Å². The van der Waals surface area contributed by atoms with E-state index in [0.717, 1.165) is 0 Å². The lowest BCUT2D eigenvalue weighted by atomic mass is 9.97. The number of benzene rings is 2. The van der Waals surface area contributed by atoms with Gasteiger partial charge in [-0.1, -0.05) is 0 Å². The number of carbonyl (C=O) groups is 1. The molecule has 0 aromatic heterocycles. The zero-order chi connectivity index (χ0) is 16.8. The Hall–Kier alpha value is -2.77. The molecule has 2 aromatic carbocycles. The summed E-state index contributed by atoms with van der Waals surface area (Å²) >= 11 is 0. The van der Waals surface area contributed by atoms with Crippen molar-refractivity contribution in [2.45, 2.75) is 6.29 Å². The van der Waals surface area contributed by atoms with E-state index in [0.29, 0.717) is 52.9 Å². The third kappa shape index (κ3) is 2.40. The van der Waals surface area contributed by atoms with Crippen LogP contribution in [-0.2, 0) is 9.47 Å². The molecule has 3 heterocycles. The average molecular weight is 342 g/mol. The topological polar surface area (TPSA) is 72.5 Å². The third-order valence-electron chi connectivity index (χ3n) is 4.30. The van der Waals surface area contributed by atoms with Gasteiger partial charge in [-0.25, -0.2) is 0 Å². The van der Waals surface area contributed by atoms with Gasteiger partial charge in [-0.2, -0.15) is 0 Å². The summed E-state index contributed by atoms with van der Waals surface area (Å²) in [5.41, 5.74) is 1.57. The van der Waals surface area contributed by atoms with Crippen LogP contribution >= 0.6 is 0 Å². The molecule has 128 valence electrons. The maximum atomic E-state index is 13.1. The van der Waals surface area contributed by atoms with Crippen molar-refractivity contribution in [2.24, 2.45) is 0 Å². The first-order chi connectivity index (χ1) is 12.3. The van der Waals surface area contributed by atoms with Crippen molar-refractivity contribution in [1.29, 1.82) is 0 Å². The van der Waals surface area contributed by atoms with Gasteiger partial charge < -0.3 is 28.4 Å². The highest BCUT2D eigenvalue weighted by molar-refractivity contribution is 6.10. The fourth-order valence-electron chi connectivity index (χ4n) is 3.08. The molecule has 0 spiro atoms. The van der Waals surface area contributed by atoms with Crippen LogP contribution in [0.15, 0.2) is 30.3 Å². The highest BCUT2D eigenvalue weighted by Gasteiger charge is 2.29. The standard InChI is InChI=1S/C18H14O7/c19-17(10-1-2-13-14(5-10)23-8-22-13)11-6-15-16(25-9-24-15)7-12(11)18-20-3-4-21-18/h1-2,5-7,18H,3-4,8-9H2. The van der Waals surface area contributed by atoms with Crippen LogP contribution < -0.4 is 18.9 Å². The minimum atomic E-state index is -0.595. The largest absolute Gasteiger partial charge is 0.454 e. The molecule has 0 radical (unpaired) electrons. The molecule has 1 saturated heterocycles. The van der Waals surface area contributed by atoms with E-state index in [9.17, 15) is 4.79 Å². The first-order valence-corrected chi connectivity index (χ1v) is 7.91. The predicted octanol–water partition coefficient (Wildman–Crippen LogP) is 2.42. The summed E-state index contributed by atoms with van der Waals surface area (Å²) in [6, 6.07) is 8.54. The maximum absolute atomic E-state index is 13.1. The summed E-state index contributed by atoms with van der Waals surface area (Å²) in [6.45, 7) is 1.25. The third-order valence-corrected chi connectivity index (χ3v) is 4.30. The normalized spacial score (nSPS) is 17.9. The second-order valence-corrected chi connectivity index (χ2v) is 5.76. The Kier molecular flexibility index (Phi) is 3.29. The van der Waals surface area contributed by atoms with Gasteiger partial charge in [0.15, 0.2) is 35.1 Å². The van der Waals surface area contributed by atoms with E-state index in [4.69, 9.17) is 28.4 Å². The number of ketones is 1. The van der Waals surface area contributed by atoms with Gasteiger partial charge in [-0.3, -0.25) is 4.79 Å². The Morgan fingerprint density at radius 3 is 2.20 bits per heavy atom. The van der Waals surface area contributed by atoms with Crippen LogP contribution in [0.2, 0.25) is 0 Å². The van der Waals surface area contributed by atoms with Crippen LogP contribution in [0.25, 0.3) is 0 Å². The molecular formula is C18H14O7. The molecule has 1 fully saturated rings. The Labute approximate surface area is 143 Å². The maximum Gasteiger partial charge on any atom is 0.231 e. The van der Waals surface area contributed by atoms with Crippen LogP contribution in [0, 0.1) is 0 Å². The van der Waals surface area contributed by atoms with E-state index in [2.05, 4.69) is 0 Å². The first kappa shape index (κ1) is 14.6. The van der Waals surface area contributed by atoms with Crippen molar-refractivity contribution in [3.8, 4) is 23.0 Å². The van der Waals surface area contributed by atoms with Gasteiger partial charge in [-0.15, -0.1) is 0 Å². The van der Waals surface area contributed by atoms with Crippen LogP contribution in [-0.4, -0.2) is 32.6 Å². The quantitative estimate of drug-likeness (QED) is 0.793. The summed E-state index contributed by atoms with van der Waals surface area (Å²) in [7, 11) is 0. The monoisotopic (exact) mass is 342 g/mol. The van der Waals surface area contributed by atoms with Crippen molar-refractivity contribution in [1.82, 2.24) is 0 Å². The molecule has 7 heteroatoms. The van der Waals surface area contributed by atoms with Gasteiger partial charge in [0.05, 0.1) is 13.2 Å². The molecule has 0 N–H and O–H groups in total. The first-order valence-electron chi connectivity index (χ1n) is 7.91. The van der Waals surface area contributed by atoms with Gasteiger partial charge in [0.1, 0.15) is 0 Å². The molecular weight excluding hydrogens is 328 g/mol. The average Bonchev–Trinajstić information content (AvgIpc) is 3.39. The minimum absolute atomic E-state index is 0.128. The number of hydrogen-bond acceptors (Lipinski definition) is 7. The SMILES string of the molecule is O=C(c1ccc2c(c1)OCO2)c1cc2c(cc1C1OCCO1)OCO2. The van der Waals surface area contributed by atoms with E-state index >= 15 is 0 Å². The fraction of sp³-hybridized carbons (Fsp3) is 0.278.